The second kappa shape index (κ2) is 14.6. The van der Waals surface area contributed by atoms with Crippen LogP contribution in [0.1, 0.15) is 48.1 Å². The fraction of sp³-hybridized carbons (Fsp3) is 0.0968. The van der Waals surface area contributed by atoms with Crippen molar-refractivity contribution in [3.8, 4) is 44.5 Å². The van der Waals surface area contributed by atoms with Crippen LogP contribution in [-0.4, -0.2) is 0 Å². The molecule has 0 saturated carbocycles. The predicted octanol–water partition coefficient (Wildman–Crippen LogP) is 16.4. The van der Waals surface area contributed by atoms with Crippen molar-refractivity contribution >= 4 is 27.8 Å². The maximum absolute atomic E-state index is 2.52. The molecule has 0 aliphatic heterocycles. The highest BCUT2D eigenvalue weighted by atomic mass is 15.1. The highest BCUT2D eigenvalue weighted by Crippen LogP contribution is 2.60. The van der Waals surface area contributed by atoms with Gasteiger partial charge in [-0.25, -0.2) is 0 Å². The predicted molar refractivity (Wildman–Crippen MR) is 265 cm³/mol. The number of anilines is 3. The lowest BCUT2D eigenvalue weighted by Crippen LogP contribution is -2.35. The van der Waals surface area contributed by atoms with Crippen LogP contribution in [-0.2, 0) is 10.8 Å². The normalized spacial score (nSPS) is 17.5. The maximum atomic E-state index is 2.52. The number of fused-ring (bicyclic) bond motifs is 7. The maximum Gasteiger partial charge on any atom is 0.0540 e. The molecule has 3 aliphatic rings. The Morgan fingerprint density at radius 1 is 0.429 bits per heavy atom. The lowest BCUT2D eigenvalue weighted by Gasteiger charge is -2.40. The van der Waals surface area contributed by atoms with Crippen LogP contribution >= 0.6 is 0 Å². The summed E-state index contributed by atoms with van der Waals surface area (Å²) in [6.07, 6.45) is 10.2. The molecule has 0 saturated heterocycles. The van der Waals surface area contributed by atoms with Gasteiger partial charge in [0.1, 0.15) is 0 Å². The number of para-hydroxylation sites is 1. The first-order valence-electron chi connectivity index (χ1n) is 22.4. The SMILES string of the molecule is CC1(C)c2cc3ccccc3cc2-c2c(-c3ccccc3N(c3ccc(-c4ccccc4)cc3)c3ccc4c(c3)C(c3ccccc3)(C3C=CC=CC3)c3ccccc3-4)cccc21. The largest absolute Gasteiger partial charge is 0.310 e. The van der Waals surface area contributed by atoms with E-state index >= 15 is 0 Å². The third-order valence-corrected chi connectivity index (χ3v) is 14.3. The Morgan fingerprint density at radius 2 is 1.05 bits per heavy atom. The second-order valence-electron chi connectivity index (χ2n) is 18.0. The molecule has 0 radical (unpaired) electrons. The van der Waals surface area contributed by atoms with E-state index in [0.717, 1.165) is 23.5 Å². The standard InChI is InChI=1S/C62H47N/c1-61(2)56-31-18-29-53(60(56)54-39-44-21-12-13-22-45(44)40-57(54)61)52-28-15-17-32-59(52)63(48-35-33-43(34-36-48)42-19-6-3-7-20-42)49-37-38-51-50-27-14-16-30-55(50)62(58(51)41-49,46-23-8-4-9-24-46)47-25-10-5-11-26-47/h3-25,27-41,47H,26H2,1-2H3. The quantitative estimate of drug-likeness (QED) is 0.155. The van der Waals surface area contributed by atoms with Gasteiger partial charge in [-0.1, -0.05) is 202 Å². The van der Waals surface area contributed by atoms with Crippen LogP contribution in [0.25, 0.3) is 55.3 Å². The monoisotopic (exact) mass is 805 g/mol. The van der Waals surface area contributed by atoms with Crippen LogP contribution in [0.5, 0.6) is 0 Å². The lowest BCUT2D eigenvalue weighted by atomic mass is 9.62. The first-order chi connectivity index (χ1) is 31.0. The Morgan fingerprint density at radius 3 is 1.83 bits per heavy atom. The van der Waals surface area contributed by atoms with Gasteiger partial charge >= 0.3 is 0 Å². The third-order valence-electron chi connectivity index (χ3n) is 14.3. The highest BCUT2D eigenvalue weighted by molar-refractivity contribution is 6.02. The number of rotatable bonds is 7. The molecule has 9 aromatic rings. The molecule has 63 heavy (non-hydrogen) atoms. The molecule has 9 aromatic carbocycles. The first-order valence-corrected chi connectivity index (χ1v) is 22.4. The minimum atomic E-state index is -0.384. The summed E-state index contributed by atoms with van der Waals surface area (Å²) >= 11 is 0. The van der Waals surface area contributed by atoms with E-state index in [0.29, 0.717) is 0 Å². The molecular formula is C62H47N. The average molecular weight is 806 g/mol. The fourth-order valence-corrected chi connectivity index (χ4v) is 11.4. The van der Waals surface area contributed by atoms with Gasteiger partial charge in [-0.15, -0.1) is 0 Å². The summed E-state index contributed by atoms with van der Waals surface area (Å²) < 4.78 is 0. The van der Waals surface area contributed by atoms with E-state index in [2.05, 4.69) is 249 Å². The molecule has 0 aromatic heterocycles. The third kappa shape index (κ3) is 5.69. The van der Waals surface area contributed by atoms with Crippen LogP contribution < -0.4 is 4.90 Å². The highest BCUT2D eigenvalue weighted by Gasteiger charge is 2.49. The van der Waals surface area contributed by atoms with E-state index in [9.17, 15) is 0 Å². The van der Waals surface area contributed by atoms with Gasteiger partial charge in [-0.3, -0.25) is 0 Å². The Labute approximate surface area is 371 Å². The zero-order chi connectivity index (χ0) is 42.1. The minimum Gasteiger partial charge on any atom is -0.310 e. The Hall–Kier alpha value is -7.48. The van der Waals surface area contributed by atoms with Crippen molar-refractivity contribution in [3.05, 3.63) is 258 Å². The molecule has 12 rings (SSSR count). The van der Waals surface area contributed by atoms with Crippen LogP contribution in [0.3, 0.4) is 0 Å². The molecule has 300 valence electrons. The van der Waals surface area contributed by atoms with Gasteiger partial charge in [-0.05, 0) is 132 Å². The fourth-order valence-electron chi connectivity index (χ4n) is 11.4. The summed E-state index contributed by atoms with van der Waals surface area (Å²) in [5.41, 5.74) is 19.8. The van der Waals surface area contributed by atoms with Crippen LogP contribution in [0, 0.1) is 5.92 Å². The summed E-state index contributed by atoms with van der Waals surface area (Å²) in [7, 11) is 0. The lowest BCUT2D eigenvalue weighted by molar-refractivity contribution is 0.457. The molecule has 0 spiro atoms. The Bertz CT molecular complexity index is 3280. The van der Waals surface area contributed by atoms with Crippen molar-refractivity contribution in [2.45, 2.75) is 31.1 Å². The smallest absolute Gasteiger partial charge is 0.0540 e. The summed E-state index contributed by atoms with van der Waals surface area (Å²) in [5, 5.41) is 2.56. The van der Waals surface area contributed by atoms with Crippen molar-refractivity contribution in [2.75, 3.05) is 4.90 Å². The van der Waals surface area contributed by atoms with Gasteiger partial charge in [-0.2, -0.15) is 0 Å². The second-order valence-corrected chi connectivity index (χ2v) is 18.0. The molecule has 3 aliphatic carbocycles. The molecule has 0 bridgehead atoms. The zero-order valence-electron chi connectivity index (χ0n) is 35.7. The van der Waals surface area contributed by atoms with E-state index < -0.39 is 0 Å². The van der Waals surface area contributed by atoms with Crippen LogP contribution in [0.4, 0.5) is 17.1 Å². The number of hydrogen-bond acceptors (Lipinski definition) is 1. The average Bonchev–Trinajstić information content (AvgIpc) is 3.77. The van der Waals surface area contributed by atoms with Crippen molar-refractivity contribution in [3.63, 3.8) is 0 Å². The zero-order valence-corrected chi connectivity index (χ0v) is 35.7. The van der Waals surface area contributed by atoms with Crippen LogP contribution in [0.2, 0.25) is 0 Å². The Balaban J connectivity index is 1.11. The summed E-state index contributed by atoms with van der Waals surface area (Å²) in [6, 6.07) is 77.2. The van der Waals surface area contributed by atoms with Gasteiger partial charge < -0.3 is 4.90 Å². The van der Waals surface area contributed by atoms with Gasteiger partial charge in [0.05, 0.1) is 11.1 Å². The van der Waals surface area contributed by atoms with E-state index in [4.69, 9.17) is 0 Å². The van der Waals surface area contributed by atoms with Gasteiger partial charge in [0.2, 0.25) is 0 Å². The molecule has 1 nitrogen and oxygen atoms in total. The molecule has 0 amide bonds. The van der Waals surface area contributed by atoms with E-state index in [1.165, 1.54) is 83.1 Å². The topological polar surface area (TPSA) is 3.24 Å². The first kappa shape index (κ1) is 37.3. The van der Waals surface area contributed by atoms with Crippen molar-refractivity contribution in [1.29, 1.82) is 0 Å². The number of allylic oxidation sites excluding steroid dienone is 4. The summed E-state index contributed by atoms with van der Waals surface area (Å²) in [6.45, 7) is 4.78. The van der Waals surface area contributed by atoms with E-state index in [-0.39, 0.29) is 16.7 Å². The molecule has 0 N–H and O–H groups in total. The summed E-state index contributed by atoms with van der Waals surface area (Å²) in [5.74, 6) is 0.236. The molecule has 2 atom stereocenters. The number of benzene rings is 9. The molecule has 0 heterocycles. The molecule has 1 heteroatoms. The summed E-state index contributed by atoms with van der Waals surface area (Å²) in [4.78, 5) is 2.51. The van der Waals surface area contributed by atoms with E-state index in [1.54, 1.807) is 0 Å². The number of hydrogen-bond donors (Lipinski definition) is 0. The Kier molecular flexibility index (Phi) is 8.63. The van der Waals surface area contributed by atoms with Crippen molar-refractivity contribution in [2.24, 2.45) is 5.92 Å². The minimum absolute atomic E-state index is 0.148. The number of nitrogens with zero attached hydrogens (tertiary/aromatic N) is 1. The van der Waals surface area contributed by atoms with Gasteiger partial charge in [0.25, 0.3) is 0 Å². The van der Waals surface area contributed by atoms with Crippen molar-refractivity contribution < 1.29 is 0 Å². The molecular weight excluding hydrogens is 759 g/mol. The van der Waals surface area contributed by atoms with Crippen molar-refractivity contribution in [1.82, 2.24) is 0 Å². The van der Waals surface area contributed by atoms with Gasteiger partial charge in [0.15, 0.2) is 0 Å². The van der Waals surface area contributed by atoms with E-state index in [1.807, 2.05) is 0 Å². The van der Waals surface area contributed by atoms with Gasteiger partial charge in [0, 0.05) is 22.4 Å². The van der Waals surface area contributed by atoms with Crippen LogP contribution in [0.15, 0.2) is 231 Å². The molecule has 0 fully saturated rings. The molecule has 2 unspecified atom stereocenters.